The molecular formula is C24H21N3O3. The molecule has 4 rings (SSSR count). The summed E-state index contributed by atoms with van der Waals surface area (Å²) < 4.78 is 5.10. The molecule has 1 N–H and O–H groups in total. The highest BCUT2D eigenvalue weighted by molar-refractivity contribution is 6.15. The number of nitrogens with zero attached hydrogens (tertiary/aromatic N) is 2. The zero-order valence-electron chi connectivity index (χ0n) is 17.0. The topological polar surface area (TPSA) is 81.2 Å². The zero-order valence-corrected chi connectivity index (χ0v) is 17.0. The van der Waals surface area contributed by atoms with E-state index in [1.165, 1.54) is 0 Å². The van der Waals surface area contributed by atoms with Gasteiger partial charge in [-0.2, -0.15) is 0 Å². The molecule has 0 aliphatic rings. The Morgan fingerprint density at radius 1 is 0.900 bits per heavy atom. The molecule has 1 amide bonds. The van der Waals surface area contributed by atoms with Gasteiger partial charge < -0.3 is 10.1 Å². The minimum absolute atomic E-state index is 0.245. The van der Waals surface area contributed by atoms with Crippen LogP contribution in [0.3, 0.4) is 0 Å². The van der Waals surface area contributed by atoms with Gasteiger partial charge in [-0.05, 0) is 57.2 Å². The number of ether oxygens (including phenoxy) is 1. The molecule has 0 bridgehead atoms. The van der Waals surface area contributed by atoms with Crippen molar-refractivity contribution < 1.29 is 14.3 Å². The van der Waals surface area contributed by atoms with E-state index in [2.05, 4.69) is 15.3 Å². The van der Waals surface area contributed by atoms with Crippen molar-refractivity contribution in [3.05, 3.63) is 77.1 Å². The van der Waals surface area contributed by atoms with Gasteiger partial charge in [0.25, 0.3) is 5.91 Å². The Kier molecular flexibility index (Phi) is 5.14. The summed E-state index contributed by atoms with van der Waals surface area (Å²) in [5.74, 6) is -0.654. The van der Waals surface area contributed by atoms with Crippen LogP contribution in [0.2, 0.25) is 0 Å². The second kappa shape index (κ2) is 7.91. The van der Waals surface area contributed by atoms with Crippen LogP contribution in [0.1, 0.15) is 39.0 Å². The third-order valence-electron chi connectivity index (χ3n) is 4.78. The Hall–Kier alpha value is -3.80. The van der Waals surface area contributed by atoms with Crippen molar-refractivity contribution in [3.63, 3.8) is 0 Å². The van der Waals surface area contributed by atoms with E-state index in [0.29, 0.717) is 34.3 Å². The van der Waals surface area contributed by atoms with Crippen molar-refractivity contribution in [1.29, 1.82) is 0 Å². The van der Waals surface area contributed by atoms with E-state index in [1.807, 2.05) is 38.1 Å². The predicted octanol–water partition coefficient (Wildman–Crippen LogP) is 4.83. The Bertz CT molecular complexity index is 1300. The molecule has 2 aromatic carbocycles. The van der Waals surface area contributed by atoms with Gasteiger partial charge in [0, 0.05) is 22.2 Å². The smallest absolute Gasteiger partial charge is 0.338 e. The Labute approximate surface area is 173 Å². The lowest BCUT2D eigenvalue weighted by Gasteiger charge is -2.13. The fourth-order valence-electron chi connectivity index (χ4n) is 3.49. The summed E-state index contributed by atoms with van der Waals surface area (Å²) in [4.78, 5) is 34.4. The molecule has 150 valence electrons. The lowest BCUT2D eigenvalue weighted by molar-refractivity contribution is 0.0526. The molecule has 2 heterocycles. The van der Waals surface area contributed by atoms with Crippen molar-refractivity contribution >= 4 is 39.4 Å². The maximum absolute atomic E-state index is 13.2. The van der Waals surface area contributed by atoms with E-state index in [1.54, 1.807) is 37.3 Å². The first-order valence-electron chi connectivity index (χ1n) is 9.72. The number of pyridine rings is 2. The lowest BCUT2D eigenvalue weighted by Crippen LogP contribution is -2.14. The number of hydrogen-bond acceptors (Lipinski definition) is 5. The van der Waals surface area contributed by atoms with Crippen molar-refractivity contribution in [2.45, 2.75) is 20.8 Å². The number of hydrogen-bond donors (Lipinski definition) is 1. The molecular weight excluding hydrogens is 378 g/mol. The van der Waals surface area contributed by atoms with Gasteiger partial charge in [0.1, 0.15) is 0 Å². The van der Waals surface area contributed by atoms with E-state index >= 15 is 0 Å². The summed E-state index contributed by atoms with van der Waals surface area (Å²) in [6.45, 7) is 5.78. The Balaban J connectivity index is 1.79. The average Bonchev–Trinajstić information content (AvgIpc) is 2.72. The van der Waals surface area contributed by atoms with Crippen molar-refractivity contribution in [1.82, 2.24) is 9.97 Å². The third kappa shape index (κ3) is 3.72. The summed E-state index contributed by atoms with van der Waals surface area (Å²) in [7, 11) is 0. The van der Waals surface area contributed by atoms with Gasteiger partial charge >= 0.3 is 5.97 Å². The van der Waals surface area contributed by atoms with Crippen molar-refractivity contribution in [3.8, 4) is 0 Å². The molecule has 6 heteroatoms. The zero-order chi connectivity index (χ0) is 21.3. The third-order valence-corrected chi connectivity index (χ3v) is 4.78. The second-order valence-electron chi connectivity index (χ2n) is 7.05. The number of amides is 1. The van der Waals surface area contributed by atoms with Gasteiger partial charge in [0.05, 0.1) is 34.5 Å². The number of fused-ring (bicyclic) bond motifs is 2. The summed E-state index contributed by atoms with van der Waals surface area (Å²) in [6, 6.07) is 16.3. The van der Waals surface area contributed by atoms with E-state index in [0.717, 1.165) is 22.3 Å². The molecule has 0 saturated heterocycles. The molecule has 0 radical (unpaired) electrons. The fraction of sp³-hybridized carbons (Fsp3) is 0.167. The summed E-state index contributed by atoms with van der Waals surface area (Å²) in [5.41, 5.74) is 4.53. The molecule has 2 aromatic heterocycles. The summed E-state index contributed by atoms with van der Waals surface area (Å²) >= 11 is 0. The highest BCUT2D eigenvalue weighted by Crippen LogP contribution is 2.27. The summed E-state index contributed by atoms with van der Waals surface area (Å²) in [5, 5.41) is 4.46. The van der Waals surface area contributed by atoms with E-state index in [-0.39, 0.29) is 5.91 Å². The van der Waals surface area contributed by atoms with Crippen molar-refractivity contribution in [2.24, 2.45) is 0 Å². The number of carbonyl (C=O) groups is 2. The SMILES string of the molecule is CCOC(=O)c1ccc2nc(C)cc(NC(=O)c3cc(C)nc4ccccc34)c2c1. The molecule has 30 heavy (non-hydrogen) atoms. The minimum Gasteiger partial charge on any atom is -0.462 e. The molecule has 0 fully saturated rings. The number of aromatic nitrogens is 2. The van der Waals surface area contributed by atoms with E-state index < -0.39 is 5.97 Å². The fourth-order valence-corrected chi connectivity index (χ4v) is 3.49. The summed E-state index contributed by atoms with van der Waals surface area (Å²) in [6.07, 6.45) is 0. The van der Waals surface area contributed by atoms with Gasteiger partial charge in [0.15, 0.2) is 0 Å². The first-order valence-corrected chi connectivity index (χ1v) is 9.72. The number of nitrogens with one attached hydrogen (secondary N) is 1. The molecule has 6 nitrogen and oxygen atoms in total. The molecule has 0 aliphatic heterocycles. The van der Waals surface area contributed by atoms with Gasteiger partial charge in [-0.1, -0.05) is 18.2 Å². The Morgan fingerprint density at radius 3 is 2.37 bits per heavy atom. The first kappa shape index (κ1) is 19.5. The number of carbonyl (C=O) groups excluding carboxylic acids is 2. The lowest BCUT2D eigenvalue weighted by atomic mass is 10.1. The molecule has 0 spiro atoms. The number of aryl methyl sites for hydroxylation is 2. The van der Waals surface area contributed by atoms with Crippen LogP contribution >= 0.6 is 0 Å². The Morgan fingerprint density at radius 2 is 1.60 bits per heavy atom. The van der Waals surface area contributed by atoms with Crippen LogP contribution in [-0.2, 0) is 4.74 Å². The van der Waals surface area contributed by atoms with Crippen LogP contribution in [0.25, 0.3) is 21.8 Å². The van der Waals surface area contributed by atoms with Crippen LogP contribution in [0.4, 0.5) is 5.69 Å². The molecule has 0 aliphatic carbocycles. The van der Waals surface area contributed by atoms with E-state index in [9.17, 15) is 9.59 Å². The number of benzene rings is 2. The van der Waals surface area contributed by atoms with Crippen LogP contribution in [0.15, 0.2) is 54.6 Å². The highest BCUT2D eigenvalue weighted by atomic mass is 16.5. The number of para-hydroxylation sites is 1. The molecule has 4 aromatic rings. The quantitative estimate of drug-likeness (QED) is 0.497. The van der Waals surface area contributed by atoms with Gasteiger partial charge in [-0.15, -0.1) is 0 Å². The van der Waals surface area contributed by atoms with Gasteiger partial charge in [0.2, 0.25) is 0 Å². The van der Waals surface area contributed by atoms with Gasteiger partial charge in [-0.3, -0.25) is 14.8 Å². The van der Waals surface area contributed by atoms with Gasteiger partial charge in [-0.25, -0.2) is 4.79 Å². The standard InChI is InChI=1S/C24H21N3O3/c1-4-30-24(29)16-9-10-21-19(13-16)22(12-15(3)26-21)27-23(28)18-11-14(2)25-20-8-6-5-7-17(18)20/h5-13H,4H2,1-3H3,(H,26,27,28). The molecule has 0 atom stereocenters. The first-order chi connectivity index (χ1) is 14.5. The van der Waals surface area contributed by atoms with Crippen molar-refractivity contribution in [2.75, 3.05) is 11.9 Å². The second-order valence-corrected chi connectivity index (χ2v) is 7.05. The number of esters is 1. The van der Waals surface area contributed by atoms with Crippen LogP contribution in [0.5, 0.6) is 0 Å². The maximum atomic E-state index is 13.2. The maximum Gasteiger partial charge on any atom is 0.338 e. The minimum atomic E-state index is -0.409. The molecule has 0 unspecified atom stereocenters. The van der Waals surface area contributed by atoms with E-state index in [4.69, 9.17) is 4.74 Å². The average molecular weight is 399 g/mol. The number of rotatable bonds is 4. The largest absolute Gasteiger partial charge is 0.462 e. The molecule has 0 saturated carbocycles. The predicted molar refractivity (Wildman–Crippen MR) is 117 cm³/mol. The normalized spacial score (nSPS) is 10.9. The number of anilines is 1. The highest BCUT2D eigenvalue weighted by Gasteiger charge is 2.16. The monoisotopic (exact) mass is 399 g/mol. The van der Waals surface area contributed by atoms with Crippen LogP contribution in [-0.4, -0.2) is 28.5 Å². The van der Waals surface area contributed by atoms with Crippen LogP contribution in [0, 0.1) is 13.8 Å². The van der Waals surface area contributed by atoms with Crippen LogP contribution < -0.4 is 5.32 Å².